The maximum Gasteiger partial charge on any atom is 0.411 e. The van der Waals surface area contributed by atoms with Crippen molar-refractivity contribution in [2.45, 2.75) is 38.0 Å². The van der Waals surface area contributed by atoms with E-state index in [9.17, 15) is 18.8 Å². The molecule has 3 amide bonds. The minimum absolute atomic E-state index is 0.0754. The molecule has 2 atom stereocenters. The molecule has 31 heavy (non-hydrogen) atoms. The zero-order valence-corrected chi connectivity index (χ0v) is 17.8. The van der Waals surface area contributed by atoms with E-state index >= 15 is 0 Å². The molecule has 2 heterocycles. The van der Waals surface area contributed by atoms with E-state index in [-0.39, 0.29) is 22.9 Å². The second-order valence-corrected chi connectivity index (χ2v) is 8.16. The molecule has 2 aromatic rings. The molecule has 1 unspecified atom stereocenters. The van der Waals surface area contributed by atoms with Gasteiger partial charge < -0.3 is 24.8 Å². The number of hydrogen-bond donors (Lipinski definition) is 2. The molecule has 0 bridgehead atoms. The largest absolute Gasteiger partial charge is 0.425 e. The van der Waals surface area contributed by atoms with Crippen LogP contribution in [0.2, 0.25) is 5.02 Å². The maximum absolute atomic E-state index is 13.4. The summed E-state index contributed by atoms with van der Waals surface area (Å²) in [7, 11) is 3.40. The highest BCUT2D eigenvalue weighted by Gasteiger charge is 2.36. The molecule has 2 N–H and O–H groups in total. The molecule has 0 radical (unpaired) electrons. The summed E-state index contributed by atoms with van der Waals surface area (Å²) in [5.74, 6) is -1.04. The summed E-state index contributed by atoms with van der Waals surface area (Å²) in [6.45, 7) is 0. The predicted octanol–water partition coefficient (Wildman–Crippen LogP) is 3.36. The average molecular weight is 449 g/mol. The summed E-state index contributed by atoms with van der Waals surface area (Å²) in [5.41, 5.74) is 2.59. The summed E-state index contributed by atoms with van der Waals surface area (Å²) in [5, 5.41) is 5.28. The summed E-state index contributed by atoms with van der Waals surface area (Å²) in [6, 6.07) is 3.74. The number of benzene rings is 1. The zero-order chi connectivity index (χ0) is 22.3. The number of hydrogen-bond acceptors (Lipinski definition) is 4. The van der Waals surface area contributed by atoms with Gasteiger partial charge in [-0.15, -0.1) is 0 Å². The molecular formula is C21H22ClFN4O4. The Hall–Kier alpha value is -3.07. The first-order valence-corrected chi connectivity index (χ1v) is 10.3. The lowest BCUT2D eigenvalue weighted by Crippen LogP contribution is -2.37. The third-order valence-electron chi connectivity index (χ3n) is 5.69. The standard InChI is InChI=1S/C21H22ClFN4O4/c1-26-10-13-12(19(26)20(29)24-11-3-5-15(23)14(22)9-11)4-6-16(13)27(2)21(30)31-18-8-7-17(28)25-18/h3,5,9-10,16,18H,4,6-8H2,1-2H3,(H,24,29)(H,25,28)/t16?,18-/m0/s1. The maximum atomic E-state index is 13.4. The number of carbonyl (C=O) groups excluding carboxylic acids is 3. The van der Waals surface area contributed by atoms with E-state index in [0.717, 1.165) is 11.1 Å². The van der Waals surface area contributed by atoms with E-state index in [1.807, 2.05) is 6.20 Å². The van der Waals surface area contributed by atoms with E-state index in [0.29, 0.717) is 37.1 Å². The van der Waals surface area contributed by atoms with Crippen molar-refractivity contribution in [3.05, 3.63) is 52.1 Å². The van der Waals surface area contributed by atoms with Gasteiger partial charge in [0.05, 0.1) is 11.1 Å². The minimum atomic E-state index is -0.608. The smallest absolute Gasteiger partial charge is 0.411 e. The van der Waals surface area contributed by atoms with Crippen molar-refractivity contribution in [3.8, 4) is 0 Å². The number of aromatic nitrogens is 1. The zero-order valence-electron chi connectivity index (χ0n) is 17.1. The Morgan fingerprint density at radius 3 is 2.77 bits per heavy atom. The Morgan fingerprint density at radius 2 is 2.10 bits per heavy atom. The molecule has 1 aromatic heterocycles. The van der Waals surface area contributed by atoms with E-state index in [4.69, 9.17) is 16.3 Å². The molecule has 10 heteroatoms. The van der Waals surface area contributed by atoms with Gasteiger partial charge in [0.15, 0.2) is 6.23 Å². The molecule has 8 nitrogen and oxygen atoms in total. The van der Waals surface area contributed by atoms with E-state index in [2.05, 4.69) is 10.6 Å². The predicted molar refractivity (Wildman–Crippen MR) is 111 cm³/mol. The van der Waals surface area contributed by atoms with Gasteiger partial charge >= 0.3 is 6.09 Å². The van der Waals surface area contributed by atoms with Crippen LogP contribution in [0.1, 0.15) is 46.9 Å². The molecule has 164 valence electrons. The van der Waals surface area contributed by atoms with Crippen LogP contribution in [0.4, 0.5) is 14.9 Å². The molecule has 1 aromatic carbocycles. The molecule has 4 rings (SSSR count). The number of fused-ring (bicyclic) bond motifs is 1. The first-order chi connectivity index (χ1) is 14.7. The summed E-state index contributed by atoms with van der Waals surface area (Å²) < 4.78 is 20.5. The highest BCUT2D eigenvalue weighted by molar-refractivity contribution is 6.31. The number of amides is 3. The number of rotatable bonds is 4. The van der Waals surface area contributed by atoms with E-state index in [1.54, 1.807) is 18.7 Å². The monoisotopic (exact) mass is 448 g/mol. The van der Waals surface area contributed by atoms with Crippen LogP contribution in [0.15, 0.2) is 24.4 Å². The Bertz CT molecular complexity index is 1070. The lowest BCUT2D eigenvalue weighted by atomic mass is 10.1. The fraction of sp³-hybridized carbons (Fsp3) is 0.381. The lowest BCUT2D eigenvalue weighted by Gasteiger charge is -2.25. The number of nitrogens with zero attached hydrogens (tertiary/aromatic N) is 2. The van der Waals surface area contributed by atoms with Gasteiger partial charge in [0, 0.05) is 38.8 Å². The van der Waals surface area contributed by atoms with Crippen LogP contribution in [0, 0.1) is 5.82 Å². The van der Waals surface area contributed by atoms with Crippen molar-refractivity contribution in [2.24, 2.45) is 7.05 Å². The molecule has 0 spiro atoms. The topological polar surface area (TPSA) is 92.7 Å². The van der Waals surface area contributed by atoms with Crippen LogP contribution in [0.5, 0.6) is 0 Å². The van der Waals surface area contributed by atoms with Crippen molar-refractivity contribution in [1.82, 2.24) is 14.8 Å². The molecule has 2 aliphatic rings. The Kier molecular flexibility index (Phi) is 5.62. The second-order valence-electron chi connectivity index (χ2n) is 7.75. The van der Waals surface area contributed by atoms with Gasteiger partial charge in [0.25, 0.3) is 5.91 Å². The normalized spacial score (nSPS) is 19.7. The third kappa shape index (κ3) is 4.10. The first-order valence-electron chi connectivity index (χ1n) is 9.92. The van der Waals surface area contributed by atoms with Gasteiger partial charge in [-0.3, -0.25) is 9.59 Å². The van der Waals surface area contributed by atoms with Crippen LogP contribution in [0.25, 0.3) is 0 Å². The second kappa shape index (κ2) is 8.22. The molecule has 1 aliphatic carbocycles. The number of anilines is 1. The van der Waals surface area contributed by atoms with Gasteiger partial charge in [-0.1, -0.05) is 11.6 Å². The summed E-state index contributed by atoms with van der Waals surface area (Å²) in [4.78, 5) is 38.3. The highest BCUT2D eigenvalue weighted by Crippen LogP contribution is 2.38. The quantitative estimate of drug-likeness (QED) is 0.750. The third-order valence-corrected chi connectivity index (χ3v) is 5.98. The van der Waals surface area contributed by atoms with Crippen LogP contribution in [-0.4, -0.2) is 40.7 Å². The van der Waals surface area contributed by atoms with Crippen molar-refractivity contribution in [2.75, 3.05) is 12.4 Å². The average Bonchev–Trinajstić information content (AvgIpc) is 3.38. The molecular weight excluding hydrogens is 427 g/mol. The first kappa shape index (κ1) is 21.2. The number of halogens is 2. The molecule has 1 fully saturated rings. The van der Waals surface area contributed by atoms with Crippen LogP contribution in [0.3, 0.4) is 0 Å². The van der Waals surface area contributed by atoms with Crippen molar-refractivity contribution in [3.63, 3.8) is 0 Å². The van der Waals surface area contributed by atoms with Gasteiger partial charge in [0.2, 0.25) is 5.91 Å². The van der Waals surface area contributed by atoms with E-state index < -0.39 is 18.1 Å². The number of nitrogens with one attached hydrogen (secondary N) is 2. The fourth-order valence-electron chi connectivity index (χ4n) is 4.16. The number of aryl methyl sites for hydroxylation is 1. The fourth-order valence-corrected chi connectivity index (χ4v) is 4.34. The molecule has 1 saturated heterocycles. The number of carbonyl (C=O) groups is 3. The molecule has 1 aliphatic heterocycles. The van der Waals surface area contributed by atoms with Gasteiger partial charge in [0.1, 0.15) is 11.5 Å². The van der Waals surface area contributed by atoms with Crippen LogP contribution in [-0.2, 0) is 23.0 Å². The SMILES string of the molecule is CN(C(=O)O[C@H]1CCC(=O)N1)C1CCc2c1cn(C)c2C(=O)Nc1ccc(F)c(Cl)c1. The Morgan fingerprint density at radius 1 is 1.32 bits per heavy atom. The van der Waals surface area contributed by atoms with Crippen LogP contribution < -0.4 is 10.6 Å². The van der Waals surface area contributed by atoms with Crippen LogP contribution >= 0.6 is 11.6 Å². The number of ether oxygens (including phenoxy) is 1. The van der Waals surface area contributed by atoms with Crippen molar-refractivity contribution in [1.29, 1.82) is 0 Å². The van der Waals surface area contributed by atoms with Gasteiger partial charge in [-0.05, 0) is 42.2 Å². The minimum Gasteiger partial charge on any atom is -0.425 e. The summed E-state index contributed by atoms with van der Waals surface area (Å²) >= 11 is 5.80. The highest BCUT2D eigenvalue weighted by atomic mass is 35.5. The van der Waals surface area contributed by atoms with Crippen molar-refractivity contribution >= 4 is 35.2 Å². The molecule has 0 saturated carbocycles. The summed E-state index contributed by atoms with van der Waals surface area (Å²) in [6.07, 6.45) is 2.76. The van der Waals surface area contributed by atoms with Gasteiger partial charge in [-0.25, -0.2) is 9.18 Å². The Balaban J connectivity index is 1.49. The lowest BCUT2D eigenvalue weighted by molar-refractivity contribution is -0.120. The van der Waals surface area contributed by atoms with Crippen molar-refractivity contribution < 1.29 is 23.5 Å². The van der Waals surface area contributed by atoms with Gasteiger partial charge in [-0.2, -0.15) is 0 Å². The Labute approximate surface area is 183 Å². The van der Waals surface area contributed by atoms with E-state index in [1.165, 1.54) is 23.1 Å².